The van der Waals surface area contributed by atoms with Crippen molar-refractivity contribution in [1.29, 1.82) is 0 Å². The van der Waals surface area contributed by atoms with E-state index in [0.717, 1.165) is 0 Å². The Hall–Kier alpha value is -1.51. The van der Waals surface area contributed by atoms with E-state index in [-0.39, 0.29) is 24.0 Å². The summed E-state index contributed by atoms with van der Waals surface area (Å²) in [6.07, 6.45) is 0.389. The van der Waals surface area contributed by atoms with E-state index >= 15 is 0 Å². The number of carbonyl (C=O) groups excluding carboxylic acids is 1. The maximum atomic E-state index is 11.6. The van der Waals surface area contributed by atoms with Gasteiger partial charge in [-0.25, -0.2) is 8.42 Å². The summed E-state index contributed by atoms with van der Waals surface area (Å²) in [6, 6.07) is 0. The van der Waals surface area contributed by atoms with Gasteiger partial charge in [-0.3, -0.25) is 4.79 Å². The Labute approximate surface area is 91.7 Å². The smallest absolute Gasteiger partial charge is 0.224 e. The highest BCUT2D eigenvalue weighted by Crippen LogP contribution is 2.18. The predicted octanol–water partition coefficient (Wildman–Crippen LogP) is -1.75. The summed E-state index contributed by atoms with van der Waals surface area (Å²) in [5.41, 5.74) is 0. The normalized spacial score (nSPS) is 23.1. The van der Waals surface area contributed by atoms with Crippen molar-refractivity contribution in [2.24, 2.45) is 5.92 Å². The molecule has 9 heteroatoms. The zero-order chi connectivity index (χ0) is 11.6. The van der Waals surface area contributed by atoms with Crippen LogP contribution in [0.2, 0.25) is 0 Å². The Morgan fingerprint density at radius 3 is 2.94 bits per heavy atom. The second-order valence-electron chi connectivity index (χ2n) is 3.65. The van der Waals surface area contributed by atoms with E-state index < -0.39 is 15.8 Å². The Bertz CT molecular complexity index is 468. The number of H-pyrrole nitrogens is 1. The van der Waals surface area contributed by atoms with Gasteiger partial charge in [0.2, 0.25) is 5.91 Å². The molecule has 1 aromatic rings. The van der Waals surface area contributed by atoms with Crippen LogP contribution < -0.4 is 5.32 Å². The van der Waals surface area contributed by atoms with Crippen LogP contribution in [0, 0.1) is 5.92 Å². The molecule has 0 aromatic carbocycles. The van der Waals surface area contributed by atoms with Gasteiger partial charge in [0.15, 0.2) is 15.7 Å². The van der Waals surface area contributed by atoms with E-state index in [2.05, 4.69) is 25.9 Å². The van der Waals surface area contributed by atoms with E-state index in [4.69, 9.17) is 0 Å². The minimum absolute atomic E-state index is 0.0644. The van der Waals surface area contributed by atoms with Crippen molar-refractivity contribution in [3.05, 3.63) is 5.82 Å². The van der Waals surface area contributed by atoms with Crippen molar-refractivity contribution in [3.8, 4) is 0 Å². The third-order valence-corrected chi connectivity index (χ3v) is 4.18. The molecule has 88 valence electrons. The molecule has 2 rings (SSSR count). The number of rotatable bonds is 3. The third kappa shape index (κ3) is 2.54. The first kappa shape index (κ1) is 11.0. The van der Waals surface area contributed by atoms with Gasteiger partial charge in [0.25, 0.3) is 0 Å². The van der Waals surface area contributed by atoms with E-state index in [0.29, 0.717) is 12.2 Å². The molecule has 1 aliphatic rings. The van der Waals surface area contributed by atoms with Crippen LogP contribution in [0.25, 0.3) is 0 Å². The second-order valence-corrected chi connectivity index (χ2v) is 5.87. The number of aromatic amines is 1. The Morgan fingerprint density at radius 1 is 1.56 bits per heavy atom. The van der Waals surface area contributed by atoms with Gasteiger partial charge < -0.3 is 5.32 Å². The average molecular weight is 245 g/mol. The molecule has 0 saturated carbocycles. The topological polar surface area (TPSA) is 118 Å². The van der Waals surface area contributed by atoms with Gasteiger partial charge in [0.05, 0.1) is 24.0 Å². The van der Waals surface area contributed by atoms with E-state index in [1.54, 1.807) is 0 Å². The number of nitrogens with one attached hydrogen (secondary N) is 2. The van der Waals surface area contributed by atoms with Gasteiger partial charge in [0.1, 0.15) is 0 Å². The Kier molecular flexibility index (Phi) is 2.86. The highest BCUT2D eigenvalue weighted by Gasteiger charge is 2.32. The summed E-state index contributed by atoms with van der Waals surface area (Å²) in [7, 11) is -3.02. The van der Waals surface area contributed by atoms with Crippen molar-refractivity contribution >= 4 is 15.7 Å². The number of aromatic nitrogens is 4. The quantitative estimate of drug-likeness (QED) is 0.652. The standard InChI is InChI=1S/C7H11N5O3S/c13-7(5-1-2-16(14,15)4-5)8-3-6-9-11-12-10-6/h5H,1-4H2,(H,8,13)(H,9,10,11,12). The van der Waals surface area contributed by atoms with Crippen LogP contribution in [-0.2, 0) is 21.2 Å². The number of carbonyl (C=O) groups is 1. The van der Waals surface area contributed by atoms with Crippen molar-refractivity contribution in [1.82, 2.24) is 25.9 Å². The summed E-state index contributed by atoms with van der Waals surface area (Å²) in [6.45, 7) is 0.159. The number of tetrazole rings is 1. The molecule has 1 amide bonds. The van der Waals surface area contributed by atoms with Crippen molar-refractivity contribution in [2.45, 2.75) is 13.0 Å². The molecular formula is C7H11N5O3S. The molecule has 2 heterocycles. The first-order valence-corrected chi connectivity index (χ1v) is 6.59. The zero-order valence-corrected chi connectivity index (χ0v) is 9.20. The highest BCUT2D eigenvalue weighted by molar-refractivity contribution is 7.91. The number of hydrogen-bond acceptors (Lipinski definition) is 6. The van der Waals surface area contributed by atoms with Crippen LogP contribution in [0.3, 0.4) is 0 Å². The van der Waals surface area contributed by atoms with E-state index in [1.165, 1.54) is 0 Å². The van der Waals surface area contributed by atoms with Crippen LogP contribution in [0.1, 0.15) is 12.2 Å². The van der Waals surface area contributed by atoms with E-state index in [9.17, 15) is 13.2 Å². The van der Waals surface area contributed by atoms with Crippen LogP contribution in [0.15, 0.2) is 0 Å². The summed E-state index contributed by atoms with van der Waals surface area (Å²) in [5.74, 6) is -0.324. The van der Waals surface area contributed by atoms with Gasteiger partial charge in [-0.1, -0.05) is 5.21 Å². The molecule has 0 bridgehead atoms. The number of nitrogens with zero attached hydrogens (tertiary/aromatic N) is 3. The fourth-order valence-electron chi connectivity index (χ4n) is 1.57. The number of sulfone groups is 1. The first-order valence-electron chi connectivity index (χ1n) is 4.77. The summed E-state index contributed by atoms with van der Waals surface area (Å²) in [4.78, 5) is 11.6. The molecule has 0 radical (unpaired) electrons. The predicted molar refractivity (Wildman–Crippen MR) is 52.8 cm³/mol. The minimum Gasteiger partial charge on any atom is -0.348 e. The fraction of sp³-hybridized carbons (Fsp3) is 0.714. The molecule has 0 aliphatic carbocycles. The third-order valence-electron chi connectivity index (χ3n) is 2.41. The minimum atomic E-state index is -3.02. The zero-order valence-electron chi connectivity index (χ0n) is 8.38. The molecule has 1 unspecified atom stereocenters. The average Bonchev–Trinajstić information content (AvgIpc) is 2.83. The summed E-state index contributed by atoms with van der Waals surface area (Å²) in [5, 5.41) is 15.5. The lowest BCUT2D eigenvalue weighted by Crippen LogP contribution is -2.31. The van der Waals surface area contributed by atoms with Gasteiger partial charge in [-0.05, 0) is 6.42 Å². The summed E-state index contributed by atoms with van der Waals surface area (Å²) >= 11 is 0. The SMILES string of the molecule is O=C(NCc1nn[nH]n1)C1CCS(=O)(=O)C1. The molecule has 8 nitrogen and oxygen atoms in total. The molecule has 1 aromatic heterocycles. The molecule has 16 heavy (non-hydrogen) atoms. The monoisotopic (exact) mass is 245 g/mol. The Balaban J connectivity index is 1.85. The van der Waals surface area contributed by atoms with Crippen LogP contribution in [0.4, 0.5) is 0 Å². The van der Waals surface area contributed by atoms with E-state index in [1.807, 2.05) is 0 Å². The molecule has 1 fully saturated rings. The maximum Gasteiger partial charge on any atom is 0.224 e. The molecular weight excluding hydrogens is 234 g/mol. The van der Waals surface area contributed by atoms with Gasteiger partial charge >= 0.3 is 0 Å². The van der Waals surface area contributed by atoms with Gasteiger partial charge in [-0.2, -0.15) is 5.21 Å². The van der Waals surface area contributed by atoms with Crippen LogP contribution in [0.5, 0.6) is 0 Å². The fourth-order valence-corrected chi connectivity index (χ4v) is 3.31. The highest BCUT2D eigenvalue weighted by atomic mass is 32.2. The van der Waals surface area contributed by atoms with Crippen molar-refractivity contribution in [3.63, 3.8) is 0 Å². The lowest BCUT2D eigenvalue weighted by Gasteiger charge is -2.06. The van der Waals surface area contributed by atoms with Crippen LogP contribution in [-0.4, -0.2) is 46.5 Å². The number of amides is 1. The summed E-state index contributed by atoms with van der Waals surface area (Å²) < 4.78 is 22.3. The second kappa shape index (κ2) is 4.16. The lowest BCUT2D eigenvalue weighted by molar-refractivity contribution is -0.124. The molecule has 1 aliphatic heterocycles. The maximum absolute atomic E-state index is 11.6. The van der Waals surface area contributed by atoms with Crippen molar-refractivity contribution < 1.29 is 13.2 Å². The lowest BCUT2D eigenvalue weighted by atomic mass is 10.1. The largest absolute Gasteiger partial charge is 0.348 e. The van der Waals surface area contributed by atoms with Crippen molar-refractivity contribution in [2.75, 3.05) is 11.5 Å². The van der Waals surface area contributed by atoms with Gasteiger partial charge in [-0.15, -0.1) is 10.2 Å². The molecule has 0 spiro atoms. The molecule has 2 N–H and O–H groups in total. The Morgan fingerprint density at radius 2 is 2.38 bits per heavy atom. The first-order chi connectivity index (χ1) is 7.57. The van der Waals surface area contributed by atoms with Crippen LogP contribution >= 0.6 is 0 Å². The van der Waals surface area contributed by atoms with Gasteiger partial charge in [0, 0.05) is 0 Å². The molecule has 1 saturated heterocycles. The molecule has 1 atom stereocenters. The number of hydrogen-bond donors (Lipinski definition) is 2.